The molecule has 2 aromatic carbocycles. The van der Waals surface area contributed by atoms with Gasteiger partial charge in [-0.2, -0.15) is 0 Å². The third-order valence-electron chi connectivity index (χ3n) is 4.76. The molecule has 32 heavy (non-hydrogen) atoms. The van der Waals surface area contributed by atoms with Gasteiger partial charge >= 0.3 is 0 Å². The Morgan fingerprint density at radius 2 is 1.59 bits per heavy atom. The lowest BCUT2D eigenvalue weighted by atomic mass is 10.1. The number of aromatic nitrogens is 3. The molecule has 0 fully saturated rings. The Labute approximate surface area is 186 Å². The number of rotatable bonds is 7. The molecule has 2 heterocycles. The Morgan fingerprint density at radius 3 is 2.25 bits per heavy atom. The van der Waals surface area contributed by atoms with E-state index >= 15 is 0 Å². The summed E-state index contributed by atoms with van der Waals surface area (Å²) >= 11 is 0. The van der Waals surface area contributed by atoms with Gasteiger partial charge in [0.05, 0.1) is 25.0 Å². The third kappa shape index (κ3) is 4.73. The Morgan fingerprint density at radius 1 is 0.906 bits per heavy atom. The van der Waals surface area contributed by atoms with Crippen LogP contribution in [0.5, 0.6) is 11.5 Å². The molecule has 0 radical (unpaired) electrons. The molecule has 4 rings (SSSR count). The summed E-state index contributed by atoms with van der Waals surface area (Å²) < 4.78 is 10.7. The molecular formula is C25H22N4O3. The maximum atomic E-state index is 13.1. The van der Waals surface area contributed by atoms with E-state index in [-0.39, 0.29) is 5.91 Å². The highest BCUT2D eigenvalue weighted by atomic mass is 16.5. The summed E-state index contributed by atoms with van der Waals surface area (Å²) in [5.74, 6) is 1.70. The zero-order valence-electron chi connectivity index (χ0n) is 17.8. The highest BCUT2D eigenvalue weighted by molar-refractivity contribution is 6.08. The van der Waals surface area contributed by atoms with E-state index in [1.807, 2.05) is 55.5 Å². The molecule has 0 atom stereocenters. The second-order valence-electron chi connectivity index (χ2n) is 6.83. The van der Waals surface area contributed by atoms with Crippen LogP contribution in [0.25, 0.3) is 22.6 Å². The van der Waals surface area contributed by atoms with Gasteiger partial charge in [0.25, 0.3) is 5.91 Å². The van der Waals surface area contributed by atoms with E-state index in [0.29, 0.717) is 29.4 Å². The van der Waals surface area contributed by atoms with Crippen molar-refractivity contribution in [2.24, 2.45) is 0 Å². The van der Waals surface area contributed by atoms with Crippen molar-refractivity contribution in [1.29, 1.82) is 0 Å². The minimum atomic E-state index is -0.303. The van der Waals surface area contributed by atoms with Crippen LogP contribution in [0.1, 0.15) is 17.3 Å². The van der Waals surface area contributed by atoms with Crippen molar-refractivity contribution in [2.75, 3.05) is 19.0 Å². The van der Waals surface area contributed by atoms with Gasteiger partial charge in [0.2, 0.25) is 0 Å². The highest BCUT2D eigenvalue weighted by Gasteiger charge is 2.17. The number of amides is 1. The van der Waals surface area contributed by atoms with E-state index in [0.717, 1.165) is 22.6 Å². The average Bonchev–Trinajstić information content (AvgIpc) is 2.85. The number of nitrogens with zero attached hydrogens (tertiary/aromatic N) is 3. The summed E-state index contributed by atoms with van der Waals surface area (Å²) in [6.45, 7) is 2.50. The number of anilines is 1. The fraction of sp³-hybridized carbons (Fsp3) is 0.120. The fourth-order valence-electron chi connectivity index (χ4n) is 3.16. The number of nitrogens with one attached hydrogen (secondary N) is 1. The summed E-state index contributed by atoms with van der Waals surface area (Å²) in [6.07, 6.45) is 4.88. The summed E-state index contributed by atoms with van der Waals surface area (Å²) in [5.41, 5.74) is 3.13. The number of hydrogen-bond acceptors (Lipinski definition) is 6. The smallest absolute Gasteiger partial charge is 0.259 e. The van der Waals surface area contributed by atoms with Crippen LogP contribution in [0.4, 0.5) is 5.69 Å². The molecule has 0 spiro atoms. The van der Waals surface area contributed by atoms with Crippen LogP contribution in [0.3, 0.4) is 0 Å². The predicted octanol–water partition coefficient (Wildman–Crippen LogP) is 4.87. The number of carbonyl (C=O) groups excluding carboxylic acids is 1. The Bertz CT molecular complexity index is 1190. The first-order chi connectivity index (χ1) is 15.7. The molecule has 7 heteroatoms. The third-order valence-corrected chi connectivity index (χ3v) is 4.76. The van der Waals surface area contributed by atoms with E-state index in [1.54, 1.807) is 37.8 Å². The summed E-state index contributed by atoms with van der Waals surface area (Å²) in [6, 6.07) is 18.3. The quantitative estimate of drug-likeness (QED) is 0.454. The Hall–Kier alpha value is -4.26. The van der Waals surface area contributed by atoms with E-state index < -0.39 is 0 Å². The van der Waals surface area contributed by atoms with Crippen LogP contribution in [-0.4, -0.2) is 34.6 Å². The van der Waals surface area contributed by atoms with Crippen LogP contribution >= 0.6 is 0 Å². The molecule has 0 saturated heterocycles. The number of ether oxygens (including phenoxy) is 2. The van der Waals surface area contributed by atoms with Gasteiger partial charge in [0.1, 0.15) is 11.5 Å². The molecule has 1 N–H and O–H groups in total. The van der Waals surface area contributed by atoms with E-state index in [4.69, 9.17) is 14.5 Å². The molecule has 160 valence electrons. The lowest BCUT2D eigenvalue weighted by Gasteiger charge is -2.12. The molecular weight excluding hydrogens is 404 g/mol. The molecule has 0 saturated carbocycles. The van der Waals surface area contributed by atoms with E-state index in [2.05, 4.69) is 15.3 Å². The Kier molecular flexibility index (Phi) is 6.36. The monoisotopic (exact) mass is 426 g/mol. The molecule has 0 unspecified atom stereocenters. The van der Waals surface area contributed by atoms with Gasteiger partial charge < -0.3 is 14.8 Å². The number of pyridine rings is 1. The van der Waals surface area contributed by atoms with Crippen LogP contribution in [0, 0.1) is 0 Å². The molecule has 0 aliphatic rings. The minimum Gasteiger partial charge on any atom is -0.497 e. The number of carbonyl (C=O) groups is 1. The van der Waals surface area contributed by atoms with Crippen LogP contribution in [-0.2, 0) is 0 Å². The number of methoxy groups -OCH3 is 1. The molecule has 4 aromatic rings. The molecule has 0 bridgehead atoms. The summed E-state index contributed by atoms with van der Waals surface area (Å²) in [7, 11) is 1.62. The SMILES string of the molecule is CCOc1ccc(NC(=O)c2cnc(-c3ccc(OC)cc3)nc2-c2ccncc2)cc1. The number of hydrogen-bond donors (Lipinski definition) is 1. The predicted molar refractivity (Wildman–Crippen MR) is 123 cm³/mol. The minimum absolute atomic E-state index is 0.303. The van der Waals surface area contributed by atoms with E-state index in [1.165, 1.54) is 0 Å². The van der Waals surface area contributed by atoms with Gasteiger partial charge in [0.15, 0.2) is 5.82 Å². The topological polar surface area (TPSA) is 86.2 Å². The maximum Gasteiger partial charge on any atom is 0.259 e. The molecule has 7 nitrogen and oxygen atoms in total. The summed E-state index contributed by atoms with van der Waals surface area (Å²) in [4.78, 5) is 26.3. The largest absolute Gasteiger partial charge is 0.497 e. The summed E-state index contributed by atoms with van der Waals surface area (Å²) in [5, 5.41) is 2.91. The second-order valence-corrected chi connectivity index (χ2v) is 6.83. The van der Waals surface area contributed by atoms with Crippen LogP contribution < -0.4 is 14.8 Å². The maximum absolute atomic E-state index is 13.1. The fourth-order valence-corrected chi connectivity index (χ4v) is 3.16. The van der Waals surface area contributed by atoms with Gasteiger partial charge in [0, 0.05) is 35.4 Å². The second kappa shape index (κ2) is 9.70. The van der Waals surface area contributed by atoms with Crippen molar-refractivity contribution in [3.8, 4) is 34.1 Å². The molecule has 0 aliphatic heterocycles. The number of benzene rings is 2. The van der Waals surface area contributed by atoms with Crippen molar-refractivity contribution < 1.29 is 14.3 Å². The van der Waals surface area contributed by atoms with Crippen molar-refractivity contribution in [1.82, 2.24) is 15.0 Å². The first kappa shape index (κ1) is 21.0. The van der Waals surface area contributed by atoms with Gasteiger partial charge in [-0.15, -0.1) is 0 Å². The first-order valence-corrected chi connectivity index (χ1v) is 10.1. The van der Waals surface area contributed by atoms with Gasteiger partial charge in [-0.25, -0.2) is 9.97 Å². The average molecular weight is 426 g/mol. The first-order valence-electron chi connectivity index (χ1n) is 10.1. The van der Waals surface area contributed by atoms with Crippen molar-refractivity contribution >= 4 is 11.6 Å². The van der Waals surface area contributed by atoms with Gasteiger partial charge in [-0.1, -0.05) is 0 Å². The zero-order valence-corrected chi connectivity index (χ0v) is 17.8. The van der Waals surface area contributed by atoms with Crippen molar-refractivity contribution in [3.05, 3.63) is 84.8 Å². The Balaban J connectivity index is 1.68. The lowest BCUT2D eigenvalue weighted by Crippen LogP contribution is -2.15. The van der Waals surface area contributed by atoms with Crippen LogP contribution in [0.2, 0.25) is 0 Å². The van der Waals surface area contributed by atoms with Crippen molar-refractivity contribution in [2.45, 2.75) is 6.92 Å². The standard InChI is InChI=1S/C25H22N4O3/c1-3-32-21-10-6-19(7-11-21)28-25(30)22-16-27-24(18-4-8-20(31-2)9-5-18)29-23(22)17-12-14-26-15-13-17/h4-16H,3H2,1-2H3,(H,28,30). The normalized spacial score (nSPS) is 10.4. The zero-order chi connectivity index (χ0) is 22.3. The molecule has 2 aromatic heterocycles. The lowest BCUT2D eigenvalue weighted by molar-refractivity contribution is 0.102. The van der Waals surface area contributed by atoms with Gasteiger partial charge in [-0.05, 0) is 67.6 Å². The molecule has 0 aliphatic carbocycles. The van der Waals surface area contributed by atoms with Crippen LogP contribution in [0.15, 0.2) is 79.3 Å². The molecule has 1 amide bonds. The van der Waals surface area contributed by atoms with Crippen molar-refractivity contribution in [3.63, 3.8) is 0 Å². The highest BCUT2D eigenvalue weighted by Crippen LogP contribution is 2.26. The van der Waals surface area contributed by atoms with E-state index in [9.17, 15) is 4.79 Å². The van der Waals surface area contributed by atoms with Gasteiger partial charge in [-0.3, -0.25) is 9.78 Å².